The molecule has 5 heteroatoms. The number of aromatic nitrogens is 2. The largest absolute Gasteiger partial charge is 0.469 e. The first kappa shape index (κ1) is 12.6. The van der Waals surface area contributed by atoms with Crippen molar-refractivity contribution < 1.29 is 9.53 Å². The number of methoxy groups -OCH3 is 1. The molecule has 0 bridgehead atoms. The fraction of sp³-hybridized carbons (Fsp3) is 0.667. The Labute approximate surface area is 109 Å². The summed E-state index contributed by atoms with van der Waals surface area (Å²) >= 11 is 3.41. The van der Waals surface area contributed by atoms with Gasteiger partial charge in [-0.15, -0.1) is 0 Å². The molecule has 1 fully saturated rings. The Morgan fingerprint density at radius 2 is 2.24 bits per heavy atom. The highest BCUT2D eigenvalue weighted by Crippen LogP contribution is 2.33. The van der Waals surface area contributed by atoms with Crippen LogP contribution in [0.5, 0.6) is 0 Å². The quantitative estimate of drug-likeness (QED) is 0.806. The van der Waals surface area contributed by atoms with Crippen molar-refractivity contribution in [2.45, 2.75) is 38.1 Å². The van der Waals surface area contributed by atoms with E-state index in [1.807, 2.05) is 17.1 Å². The van der Waals surface area contributed by atoms with Crippen molar-refractivity contribution in [3.8, 4) is 0 Å². The van der Waals surface area contributed by atoms with Crippen LogP contribution in [0.25, 0.3) is 0 Å². The van der Waals surface area contributed by atoms with Crippen LogP contribution in [0.4, 0.5) is 0 Å². The van der Waals surface area contributed by atoms with Crippen LogP contribution in [0.15, 0.2) is 16.9 Å². The lowest BCUT2D eigenvalue weighted by atomic mass is 9.84. The summed E-state index contributed by atoms with van der Waals surface area (Å²) in [6.45, 7) is 0. The average Bonchev–Trinajstić information content (AvgIpc) is 2.77. The minimum atomic E-state index is -0.0877. The van der Waals surface area contributed by atoms with E-state index < -0.39 is 0 Å². The van der Waals surface area contributed by atoms with Crippen LogP contribution in [0.2, 0.25) is 0 Å². The van der Waals surface area contributed by atoms with Crippen molar-refractivity contribution in [2.75, 3.05) is 7.11 Å². The van der Waals surface area contributed by atoms with Crippen LogP contribution in [0.3, 0.4) is 0 Å². The number of carbonyl (C=O) groups is 1. The van der Waals surface area contributed by atoms with Crippen LogP contribution >= 0.6 is 15.9 Å². The number of hydrogen-bond donors (Lipinski definition) is 0. The lowest BCUT2D eigenvalue weighted by Gasteiger charge is -2.27. The fourth-order valence-electron chi connectivity index (χ4n) is 2.45. The number of nitrogens with zero attached hydrogens (tertiary/aromatic N) is 2. The topological polar surface area (TPSA) is 44.1 Å². The highest BCUT2D eigenvalue weighted by atomic mass is 79.9. The van der Waals surface area contributed by atoms with Gasteiger partial charge in [0.2, 0.25) is 0 Å². The summed E-state index contributed by atoms with van der Waals surface area (Å²) in [6.07, 6.45) is 8.75. The molecule has 17 heavy (non-hydrogen) atoms. The summed E-state index contributed by atoms with van der Waals surface area (Å²) in [5.41, 5.74) is 0. The molecule has 0 unspecified atom stereocenters. The van der Waals surface area contributed by atoms with E-state index in [1.54, 1.807) is 0 Å². The van der Waals surface area contributed by atoms with Crippen LogP contribution in [0, 0.1) is 5.92 Å². The third-order valence-corrected chi connectivity index (χ3v) is 3.85. The molecule has 0 aliphatic heterocycles. The van der Waals surface area contributed by atoms with Crippen molar-refractivity contribution in [2.24, 2.45) is 5.92 Å². The van der Waals surface area contributed by atoms with Gasteiger partial charge in [-0.05, 0) is 47.5 Å². The minimum Gasteiger partial charge on any atom is -0.469 e. The number of carbonyl (C=O) groups excluding carboxylic acids is 1. The highest BCUT2D eigenvalue weighted by Gasteiger charge is 2.24. The molecule has 0 radical (unpaired) electrons. The zero-order chi connectivity index (χ0) is 12.3. The SMILES string of the molecule is COC(=O)CC1CCC(n2cc(Br)cn2)CC1. The predicted octanol–water partition coefficient (Wildman–Crippen LogP) is 2.94. The van der Waals surface area contributed by atoms with Gasteiger partial charge in [-0.1, -0.05) is 0 Å². The molecule has 1 saturated carbocycles. The third-order valence-electron chi connectivity index (χ3n) is 3.44. The zero-order valence-corrected chi connectivity index (χ0v) is 11.5. The number of hydrogen-bond acceptors (Lipinski definition) is 3. The molecule has 0 N–H and O–H groups in total. The third kappa shape index (κ3) is 3.31. The molecule has 1 aromatic heterocycles. The van der Waals surface area contributed by atoms with Gasteiger partial charge in [0.05, 0.1) is 23.8 Å². The molecule has 0 saturated heterocycles. The van der Waals surface area contributed by atoms with Crippen LogP contribution in [-0.4, -0.2) is 22.9 Å². The lowest BCUT2D eigenvalue weighted by molar-refractivity contribution is -0.142. The van der Waals surface area contributed by atoms with Crippen molar-refractivity contribution in [1.29, 1.82) is 0 Å². The Balaban J connectivity index is 1.84. The first-order valence-corrected chi connectivity index (χ1v) is 6.75. The van der Waals surface area contributed by atoms with E-state index in [-0.39, 0.29) is 5.97 Å². The van der Waals surface area contributed by atoms with Gasteiger partial charge in [-0.2, -0.15) is 5.10 Å². The smallest absolute Gasteiger partial charge is 0.305 e. The van der Waals surface area contributed by atoms with Gasteiger partial charge in [0.25, 0.3) is 0 Å². The molecule has 1 aliphatic carbocycles. The standard InChI is InChI=1S/C12H17BrN2O2/c1-17-12(16)6-9-2-4-11(5-3-9)15-8-10(13)7-14-15/h7-9,11H,2-6H2,1H3. The second kappa shape index (κ2) is 5.67. The second-order valence-corrected chi connectivity index (χ2v) is 5.51. The second-order valence-electron chi connectivity index (χ2n) is 4.59. The molecular weight excluding hydrogens is 284 g/mol. The van der Waals surface area contributed by atoms with E-state index in [4.69, 9.17) is 4.74 Å². The van der Waals surface area contributed by atoms with E-state index in [2.05, 4.69) is 21.0 Å². The molecule has 0 aromatic carbocycles. The minimum absolute atomic E-state index is 0.0877. The molecule has 0 atom stereocenters. The van der Waals surface area contributed by atoms with Crippen molar-refractivity contribution in [3.63, 3.8) is 0 Å². The van der Waals surface area contributed by atoms with Crippen LogP contribution in [-0.2, 0) is 9.53 Å². The normalized spacial score (nSPS) is 24.6. The van der Waals surface area contributed by atoms with Gasteiger partial charge in [0, 0.05) is 12.6 Å². The summed E-state index contributed by atoms with van der Waals surface area (Å²) < 4.78 is 7.75. The zero-order valence-electron chi connectivity index (χ0n) is 9.93. The summed E-state index contributed by atoms with van der Waals surface area (Å²) in [5, 5.41) is 4.32. The molecule has 1 aromatic rings. The number of rotatable bonds is 3. The van der Waals surface area contributed by atoms with Crippen molar-refractivity contribution >= 4 is 21.9 Å². The molecule has 2 rings (SSSR count). The predicted molar refractivity (Wildman–Crippen MR) is 67.6 cm³/mol. The molecule has 1 aliphatic rings. The van der Waals surface area contributed by atoms with E-state index in [1.165, 1.54) is 7.11 Å². The Morgan fingerprint density at radius 1 is 1.53 bits per heavy atom. The van der Waals surface area contributed by atoms with Gasteiger partial charge in [0.1, 0.15) is 0 Å². The Bertz CT molecular complexity index is 384. The van der Waals surface area contributed by atoms with Crippen molar-refractivity contribution in [1.82, 2.24) is 9.78 Å². The maximum absolute atomic E-state index is 11.2. The molecule has 0 spiro atoms. The lowest BCUT2D eigenvalue weighted by Crippen LogP contribution is -2.20. The molecule has 94 valence electrons. The molecule has 1 heterocycles. The Morgan fingerprint density at radius 3 is 2.76 bits per heavy atom. The van der Waals surface area contributed by atoms with E-state index in [0.29, 0.717) is 18.4 Å². The maximum atomic E-state index is 11.2. The maximum Gasteiger partial charge on any atom is 0.305 e. The first-order chi connectivity index (χ1) is 8.19. The Kier molecular flexibility index (Phi) is 4.20. The summed E-state index contributed by atoms with van der Waals surface area (Å²) in [5.74, 6) is 0.396. The first-order valence-electron chi connectivity index (χ1n) is 5.95. The number of esters is 1. The molecule has 4 nitrogen and oxygen atoms in total. The summed E-state index contributed by atoms with van der Waals surface area (Å²) in [7, 11) is 1.45. The summed E-state index contributed by atoms with van der Waals surface area (Å²) in [6, 6.07) is 0.482. The van der Waals surface area contributed by atoms with Gasteiger partial charge in [-0.3, -0.25) is 9.48 Å². The number of ether oxygens (including phenoxy) is 1. The van der Waals surface area contributed by atoms with E-state index in [0.717, 1.165) is 30.2 Å². The molecule has 0 amide bonds. The van der Waals surface area contributed by atoms with E-state index in [9.17, 15) is 4.79 Å². The Hall–Kier alpha value is -0.840. The fourth-order valence-corrected chi connectivity index (χ4v) is 2.75. The van der Waals surface area contributed by atoms with Gasteiger partial charge >= 0.3 is 5.97 Å². The highest BCUT2D eigenvalue weighted by molar-refractivity contribution is 9.10. The van der Waals surface area contributed by atoms with Crippen molar-refractivity contribution in [3.05, 3.63) is 16.9 Å². The number of halogens is 1. The van der Waals surface area contributed by atoms with Crippen LogP contribution < -0.4 is 0 Å². The van der Waals surface area contributed by atoms with Crippen LogP contribution in [0.1, 0.15) is 38.1 Å². The molecular formula is C12H17BrN2O2. The van der Waals surface area contributed by atoms with Gasteiger partial charge in [0.15, 0.2) is 0 Å². The van der Waals surface area contributed by atoms with Gasteiger partial charge < -0.3 is 4.74 Å². The summed E-state index contributed by atoms with van der Waals surface area (Å²) in [4.78, 5) is 11.2. The monoisotopic (exact) mass is 300 g/mol. The van der Waals surface area contributed by atoms with Gasteiger partial charge in [-0.25, -0.2) is 0 Å². The average molecular weight is 301 g/mol. The van der Waals surface area contributed by atoms with E-state index >= 15 is 0 Å².